The minimum atomic E-state index is -0.454. The number of halogens is 2. The molecule has 3 rings (SSSR count). The molecule has 170 valence electrons. The van der Waals surface area contributed by atoms with E-state index in [4.69, 9.17) is 9.47 Å². The number of nitrogens with zero attached hydrogens (tertiary/aromatic N) is 2. The van der Waals surface area contributed by atoms with Crippen molar-refractivity contribution in [2.75, 3.05) is 57.7 Å². The zero-order valence-electron chi connectivity index (χ0n) is 18.2. The number of ether oxygens (including phenoxy) is 2. The van der Waals surface area contributed by atoms with Gasteiger partial charge in [-0.2, -0.15) is 0 Å². The van der Waals surface area contributed by atoms with Crippen molar-refractivity contribution in [1.29, 1.82) is 0 Å². The number of methoxy groups -OCH3 is 2. The first kappa shape index (κ1) is 24.3. The van der Waals surface area contributed by atoms with Gasteiger partial charge in [-0.05, 0) is 59.4 Å². The number of hydrogen-bond acceptors (Lipinski definition) is 6. The highest BCUT2D eigenvalue weighted by Gasteiger charge is 2.19. The summed E-state index contributed by atoms with van der Waals surface area (Å²) in [6, 6.07) is 8.96. The van der Waals surface area contributed by atoms with E-state index in [1.54, 1.807) is 25.3 Å². The van der Waals surface area contributed by atoms with Gasteiger partial charge in [0, 0.05) is 42.3 Å². The molecule has 1 aliphatic rings. The molecule has 2 aromatic carbocycles. The van der Waals surface area contributed by atoms with Crippen LogP contribution in [0.15, 0.2) is 45.4 Å². The summed E-state index contributed by atoms with van der Waals surface area (Å²) in [5.74, 6) is -0.145. The van der Waals surface area contributed by atoms with Crippen molar-refractivity contribution in [3.05, 3.63) is 56.5 Å². The van der Waals surface area contributed by atoms with Crippen molar-refractivity contribution >= 4 is 61.2 Å². The van der Waals surface area contributed by atoms with Crippen molar-refractivity contribution in [2.45, 2.75) is 0 Å². The molecule has 0 saturated carbocycles. The average Bonchev–Trinajstić information content (AvgIpc) is 2.77. The standard InChI is InChI=1S/C23H25Br2N3O4/c1-27-8-10-28(11-9-27)20-6-4-16(23(30)32-3)13-19(20)26-21(29)7-5-15-12-17(24)14-18(25)22(15)31-2/h4-7,12-14H,8-11H2,1-3H3,(H,26,29)/b7-5+. The molecule has 1 saturated heterocycles. The lowest BCUT2D eigenvalue weighted by Gasteiger charge is -2.35. The van der Waals surface area contributed by atoms with Crippen LogP contribution in [0, 0.1) is 0 Å². The fourth-order valence-corrected chi connectivity index (χ4v) is 4.88. The first-order valence-corrected chi connectivity index (χ1v) is 11.6. The number of rotatable bonds is 6. The molecule has 1 fully saturated rings. The van der Waals surface area contributed by atoms with Gasteiger partial charge in [-0.25, -0.2) is 4.79 Å². The summed E-state index contributed by atoms with van der Waals surface area (Å²) in [6.45, 7) is 3.50. The van der Waals surface area contributed by atoms with Crippen molar-refractivity contribution in [2.24, 2.45) is 0 Å². The van der Waals surface area contributed by atoms with E-state index < -0.39 is 5.97 Å². The van der Waals surface area contributed by atoms with Gasteiger partial charge in [-0.3, -0.25) is 4.79 Å². The number of anilines is 2. The minimum Gasteiger partial charge on any atom is -0.495 e. The van der Waals surface area contributed by atoms with Gasteiger partial charge >= 0.3 is 5.97 Å². The Morgan fingerprint density at radius 3 is 2.44 bits per heavy atom. The van der Waals surface area contributed by atoms with Crippen LogP contribution in [-0.2, 0) is 9.53 Å². The van der Waals surface area contributed by atoms with Gasteiger partial charge in [-0.1, -0.05) is 15.9 Å². The lowest BCUT2D eigenvalue weighted by molar-refractivity contribution is -0.111. The molecule has 2 aromatic rings. The SMILES string of the molecule is COC(=O)c1ccc(N2CCN(C)CC2)c(NC(=O)/C=C/c2cc(Br)cc(Br)c2OC)c1. The Morgan fingerprint density at radius 2 is 1.78 bits per heavy atom. The molecule has 32 heavy (non-hydrogen) atoms. The summed E-state index contributed by atoms with van der Waals surface area (Å²) in [7, 11) is 4.99. The quantitative estimate of drug-likeness (QED) is 0.412. The minimum absolute atomic E-state index is 0.319. The Labute approximate surface area is 204 Å². The number of nitrogens with one attached hydrogen (secondary N) is 1. The average molecular weight is 567 g/mol. The summed E-state index contributed by atoms with van der Waals surface area (Å²) in [6.07, 6.45) is 3.12. The summed E-state index contributed by atoms with van der Waals surface area (Å²) in [5.41, 5.74) is 2.55. The van der Waals surface area contributed by atoms with Crippen LogP contribution in [0.3, 0.4) is 0 Å². The molecule has 0 aromatic heterocycles. The van der Waals surface area contributed by atoms with Gasteiger partial charge in [0.05, 0.1) is 35.6 Å². The lowest BCUT2D eigenvalue weighted by atomic mass is 10.1. The number of carbonyl (C=O) groups is 2. The Morgan fingerprint density at radius 1 is 1.06 bits per heavy atom. The van der Waals surface area contributed by atoms with E-state index in [9.17, 15) is 9.59 Å². The summed E-state index contributed by atoms with van der Waals surface area (Å²) < 4.78 is 11.9. The predicted octanol–water partition coefficient (Wildman–Crippen LogP) is 4.41. The third kappa shape index (κ3) is 5.90. The molecule has 1 amide bonds. The third-order valence-corrected chi connectivity index (χ3v) is 6.22. The number of likely N-dealkylation sites (N-methyl/N-ethyl adjacent to an activating group) is 1. The molecular weight excluding hydrogens is 542 g/mol. The summed E-state index contributed by atoms with van der Waals surface area (Å²) >= 11 is 6.91. The number of amides is 1. The van der Waals surface area contributed by atoms with E-state index in [2.05, 4.69) is 54.0 Å². The molecule has 1 N–H and O–H groups in total. The highest BCUT2D eigenvalue weighted by molar-refractivity contribution is 9.11. The van der Waals surface area contributed by atoms with E-state index in [-0.39, 0.29) is 5.91 Å². The Kier molecular flexibility index (Phi) is 8.33. The van der Waals surface area contributed by atoms with Crippen molar-refractivity contribution in [1.82, 2.24) is 4.90 Å². The smallest absolute Gasteiger partial charge is 0.337 e. The molecular formula is C23H25Br2N3O4. The van der Waals surface area contributed by atoms with E-state index in [0.717, 1.165) is 46.4 Å². The molecule has 1 aliphatic heterocycles. The van der Waals surface area contributed by atoms with Crippen LogP contribution in [0.2, 0.25) is 0 Å². The van der Waals surface area contributed by atoms with Crippen LogP contribution >= 0.6 is 31.9 Å². The van der Waals surface area contributed by atoms with Crippen LogP contribution < -0.4 is 15.0 Å². The van der Waals surface area contributed by atoms with E-state index in [1.807, 2.05) is 18.2 Å². The van der Waals surface area contributed by atoms with Crippen LogP contribution in [0.25, 0.3) is 6.08 Å². The highest BCUT2D eigenvalue weighted by atomic mass is 79.9. The normalized spacial score (nSPS) is 14.5. The molecule has 0 aliphatic carbocycles. The first-order valence-electron chi connectivity index (χ1n) is 10.0. The number of carbonyl (C=O) groups excluding carboxylic acids is 2. The molecule has 0 unspecified atom stereocenters. The zero-order valence-corrected chi connectivity index (χ0v) is 21.3. The van der Waals surface area contributed by atoms with Gasteiger partial charge in [0.25, 0.3) is 0 Å². The fraction of sp³-hybridized carbons (Fsp3) is 0.304. The van der Waals surface area contributed by atoms with E-state index in [0.29, 0.717) is 17.0 Å². The van der Waals surface area contributed by atoms with Crippen LogP contribution in [0.5, 0.6) is 5.75 Å². The van der Waals surface area contributed by atoms with Crippen LogP contribution in [0.1, 0.15) is 15.9 Å². The second kappa shape index (κ2) is 11.0. The molecule has 0 atom stereocenters. The topological polar surface area (TPSA) is 71.1 Å². The number of esters is 1. The first-order chi connectivity index (χ1) is 15.3. The second-order valence-electron chi connectivity index (χ2n) is 7.35. The van der Waals surface area contributed by atoms with Gasteiger partial charge in [0.1, 0.15) is 5.75 Å². The second-order valence-corrected chi connectivity index (χ2v) is 9.12. The Balaban J connectivity index is 1.87. The molecule has 9 heteroatoms. The van der Waals surface area contributed by atoms with E-state index in [1.165, 1.54) is 13.2 Å². The lowest BCUT2D eigenvalue weighted by Crippen LogP contribution is -2.44. The van der Waals surface area contributed by atoms with Crippen molar-refractivity contribution in [3.8, 4) is 5.75 Å². The molecule has 1 heterocycles. The number of benzene rings is 2. The molecule has 0 radical (unpaired) electrons. The third-order valence-electron chi connectivity index (χ3n) is 5.17. The summed E-state index contributed by atoms with van der Waals surface area (Å²) in [5, 5.41) is 2.92. The Hall–Kier alpha value is -2.36. The Bertz CT molecular complexity index is 1030. The maximum Gasteiger partial charge on any atom is 0.337 e. The van der Waals surface area contributed by atoms with Crippen molar-refractivity contribution in [3.63, 3.8) is 0 Å². The summed E-state index contributed by atoms with van der Waals surface area (Å²) in [4.78, 5) is 29.3. The van der Waals surface area contributed by atoms with Crippen LogP contribution in [-0.4, -0.2) is 64.2 Å². The van der Waals surface area contributed by atoms with Crippen molar-refractivity contribution < 1.29 is 19.1 Å². The maximum atomic E-state index is 12.8. The predicted molar refractivity (Wildman–Crippen MR) is 134 cm³/mol. The van der Waals surface area contributed by atoms with Gasteiger partial charge in [0.15, 0.2) is 0 Å². The molecule has 0 bridgehead atoms. The number of hydrogen-bond donors (Lipinski definition) is 1. The highest BCUT2D eigenvalue weighted by Crippen LogP contribution is 2.34. The molecule has 0 spiro atoms. The number of piperazine rings is 1. The molecule has 7 nitrogen and oxygen atoms in total. The van der Waals surface area contributed by atoms with Gasteiger partial charge in [0.2, 0.25) is 5.91 Å². The van der Waals surface area contributed by atoms with Gasteiger partial charge < -0.3 is 24.6 Å². The largest absolute Gasteiger partial charge is 0.495 e. The zero-order chi connectivity index (χ0) is 23.3. The fourth-order valence-electron chi connectivity index (χ4n) is 3.46. The van der Waals surface area contributed by atoms with Gasteiger partial charge in [-0.15, -0.1) is 0 Å². The maximum absolute atomic E-state index is 12.8. The van der Waals surface area contributed by atoms with Crippen LogP contribution in [0.4, 0.5) is 11.4 Å². The van der Waals surface area contributed by atoms with E-state index >= 15 is 0 Å². The monoisotopic (exact) mass is 565 g/mol.